The Morgan fingerprint density at radius 1 is 1.18 bits per heavy atom. The average Bonchev–Trinajstić information content (AvgIpc) is 2.70. The number of likely N-dealkylation sites (N-methyl/N-ethyl adjacent to an activating group) is 1. The first-order valence-electron chi connectivity index (χ1n) is 10.0. The van der Waals surface area contributed by atoms with Crippen molar-refractivity contribution in [1.29, 1.82) is 0 Å². The first kappa shape index (κ1) is 20.9. The maximum atomic E-state index is 10.7. The average molecular weight is 389 g/mol. The smallest absolute Gasteiger partial charge is 0.135 e. The fourth-order valence-electron chi connectivity index (χ4n) is 3.93. The molecule has 1 saturated heterocycles. The fraction of sp³-hybridized carbons (Fsp3) is 0.545. The minimum Gasteiger partial charge on any atom is -0.494 e. The maximum Gasteiger partial charge on any atom is 0.135 e. The van der Waals surface area contributed by atoms with E-state index in [1.807, 2.05) is 26.0 Å². The lowest BCUT2D eigenvalue weighted by Gasteiger charge is -2.43. The first-order valence-corrected chi connectivity index (χ1v) is 10.0. The topological polar surface area (TPSA) is 97.0 Å². The molecule has 6 nitrogen and oxygen atoms in total. The third-order valence-electron chi connectivity index (χ3n) is 5.72. The molecule has 6 heteroatoms. The number of nitrogens with two attached hydrogens (primary N) is 1. The normalized spacial score (nSPS) is 30.9. The Hall–Kier alpha value is -1.86. The lowest BCUT2D eigenvalue weighted by molar-refractivity contribution is -0.192. The van der Waals surface area contributed by atoms with Crippen molar-refractivity contribution in [3.63, 3.8) is 0 Å². The Morgan fingerprint density at radius 2 is 1.89 bits per heavy atom. The van der Waals surface area contributed by atoms with Crippen LogP contribution in [0, 0.1) is 5.92 Å². The van der Waals surface area contributed by atoms with E-state index in [0.29, 0.717) is 6.61 Å². The highest BCUT2D eigenvalue weighted by Gasteiger charge is 2.43. The number of benzene rings is 1. The van der Waals surface area contributed by atoms with Crippen molar-refractivity contribution in [3.8, 4) is 5.75 Å². The van der Waals surface area contributed by atoms with E-state index < -0.39 is 24.5 Å². The van der Waals surface area contributed by atoms with Crippen LogP contribution < -0.4 is 15.8 Å². The van der Waals surface area contributed by atoms with E-state index in [0.717, 1.165) is 47.4 Å². The lowest BCUT2D eigenvalue weighted by Crippen LogP contribution is -2.57. The van der Waals surface area contributed by atoms with E-state index in [4.69, 9.17) is 15.2 Å². The van der Waals surface area contributed by atoms with E-state index in [1.165, 1.54) is 0 Å². The van der Waals surface area contributed by atoms with Gasteiger partial charge in [-0.25, -0.2) is 0 Å². The van der Waals surface area contributed by atoms with E-state index >= 15 is 0 Å². The zero-order valence-electron chi connectivity index (χ0n) is 16.9. The highest BCUT2D eigenvalue weighted by molar-refractivity contribution is 5.39. The number of hydrogen-bond acceptors (Lipinski definition) is 6. The molecule has 0 amide bonds. The van der Waals surface area contributed by atoms with E-state index in [-0.39, 0.29) is 5.92 Å². The van der Waals surface area contributed by atoms with Gasteiger partial charge in [0.15, 0.2) is 0 Å². The molecule has 1 aromatic rings. The summed E-state index contributed by atoms with van der Waals surface area (Å²) >= 11 is 0. The number of rotatable bonds is 6. The highest BCUT2D eigenvalue weighted by atomic mass is 16.5. The zero-order chi connectivity index (χ0) is 20.3. The van der Waals surface area contributed by atoms with Crippen LogP contribution in [0.15, 0.2) is 47.2 Å². The Morgan fingerprint density at radius 3 is 2.54 bits per heavy atom. The molecule has 1 aromatic carbocycles. The van der Waals surface area contributed by atoms with Crippen LogP contribution in [0.1, 0.15) is 32.3 Å². The predicted molar refractivity (Wildman–Crippen MR) is 109 cm³/mol. The molecule has 28 heavy (non-hydrogen) atoms. The van der Waals surface area contributed by atoms with Gasteiger partial charge in [0.25, 0.3) is 0 Å². The standard InChI is InChI=1S/C22H32N2O4/c1-4-27-17-8-5-14(6-9-17)11-16-12-15(7-10-18(16)23)21-19(25)13(2)20(26)22(24-3)28-21/h5-6,8-9,12-13,19-22,24-26H,4,7,10-11,23H2,1-3H3/t13-,19-,20+,21+,22+/m1/s1. The largest absolute Gasteiger partial charge is 0.494 e. The molecule has 5 N–H and O–H groups in total. The van der Waals surface area contributed by atoms with Gasteiger partial charge < -0.3 is 25.4 Å². The SMILES string of the molecule is CCOc1ccc(CC2=C(N)CCC([C@@H]3O[C@H](NC)[C@@H](O)[C@H](C)[C@H]3O)=C2)cc1. The minimum absolute atomic E-state index is 0.282. The Balaban J connectivity index is 1.78. The van der Waals surface area contributed by atoms with Crippen LogP contribution >= 0.6 is 0 Å². The van der Waals surface area contributed by atoms with Gasteiger partial charge in [-0.3, -0.25) is 5.32 Å². The summed E-state index contributed by atoms with van der Waals surface area (Å²) in [5, 5.41) is 23.9. The van der Waals surface area contributed by atoms with Crippen molar-refractivity contribution in [2.45, 2.75) is 57.6 Å². The number of aliphatic hydroxyl groups excluding tert-OH is 2. The van der Waals surface area contributed by atoms with Gasteiger partial charge in [-0.2, -0.15) is 0 Å². The Bertz CT molecular complexity index is 727. The Labute approximate surface area is 167 Å². The molecule has 1 heterocycles. The zero-order valence-corrected chi connectivity index (χ0v) is 16.9. The van der Waals surface area contributed by atoms with Gasteiger partial charge in [0.2, 0.25) is 0 Å². The minimum atomic E-state index is -0.753. The highest BCUT2D eigenvalue weighted by Crippen LogP contribution is 2.34. The molecule has 0 radical (unpaired) electrons. The molecule has 0 spiro atoms. The quantitative estimate of drug-likeness (QED) is 0.594. The molecular weight excluding hydrogens is 356 g/mol. The summed E-state index contributed by atoms with van der Waals surface area (Å²) in [6.07, 6.45) is 1.84. The van der Waals surface area contributed by atoms with Crippen molar-refractivity contribution in [3.05, 3.63) is 52.7 Å². The molecule has 1 aliphatic heterocycles. The van der Waals surface area contributed by atoms with Crippen LogP contribution in [0.25, 0.3) is 0 Å². The van der Waals surface area contributed by atoms with Crippen molar-refractivity contribution < 1.29 is 19.7 Å². The fourth-order valence-corrected chi connectivity index (χ4v) is 3.93. The van der Waals surface area contributed by atoms with Gasteiger partial charge >= 0.3 is 0 Å². The number of allylic oxidation sites excluding steroid dienone is 3. The summed E-state index contributed by atoms with van der Waals surface area (Å²) in [5.74, 6) is 0.576. The van der Waals surface area contributed by atoms with Crippen molar-refractivity contribution >= 4 is 0 Å². The molecule has 154 valence electrons. The van der Waals surface area contributed by atoms with Gasteiger partial charge in [0.05, 0.1) is 18.8 Å². The number of nitrogens with one attached hydrogen (secondary N) is 1. The van der Waals surface area contributed by atoms with E-state index in [2.05, 4.69) is 23.5 Å². The molecule has 5 atom stereocenters. The van der Waals surface area contributed by atoms with Crippen LogP contribution in [0.2, 0.25) is 0 Å². The number of hydrogen-bond donors (Lipinski definition) is 4. The summed E-state index contributed by atoms with van der Waals surface area (Å²) in [5.41, 5.74) is 10.4. The van der Waals surface area contributed by atoms with Crippen molar-refractivity contribution in [2.24, 2.45) is 11.7 Å². The molecule has 0 aromatic heterocycles. The van der Waals surface area contributed by atoms with Gasteiger partial charge in [-0.15, -0.1) is 0 Å². The van der Waals surface area contributed by atoms with E-state index in [9.17, 15) is 10.2 Å². The van der Waals surface area contributed by atoms with Gasteiger partial charge in [0.1, 0.15) is 18.1 Å². The molecule has 0 bridgehead atoms. The second kappa shape index (κ2) is 9.09. The maximum absolute atomic E-state index is 10.7. The molecular formula is C22H32N2O4. The Kier molecular flexibility index (Phi) is 6.78. The van der Waals surface area contributed by atoms with Crippen LogP contribution in [0.5, 0.6) is 5.75 Å². The summed E-state index contributed by atoms with van der Waals surface area (Å²) in [6, 6.07) is 8.04. The predicted octanol–water partition coefficient (Wildman–Crippen LogP) is 1.86. The van der Waals surface area contributed by atoms with Crippen molar-refractivity contribution in [1.82, 2.24) is 5.32 Å². The summed E-state index contributed by atoms with van der Waals surface area (Å²) in [7, 11) is 1.75. The van der Waals surface area contributed by atoms with Crippen LogP contribution in [-0.4, -0.2) is 48.4 Å². The van der Waals surface area contributed by atoms with Crippen LogP contribution in [0.3, 0.4) is 0 Å². The second-order valence-electron chi connectivity index (χ2n) is 7.63. The van der Waals surface area contributed by atoms with Crippen molar-refractivity contribution in [2.75, 3.05) is 13.7 Å². The molecule has 1 fully saturated rings. The lowest BCUT2D eigenvalue weighted by atomic mass is 9.82. The van der Waals surface area contributed by atoms with Crippen LogP contribution in [-0.2, 0) is 11.2 Å². The summed E-state index contributed by atoms with van der Waals surface area (Å²) < 4.78 is 11.5. The number of ether oxygens (including phenoxy) is 2. The second-order valence-corrected chi connectivity index (χ2v) is 7.63. The van der Waals surface area contributed by atoms with Gasteiger partial charge in [-0.05, 0) is 62.1 Å². The summed E-state index contributed by atoms with van der Waals surface area (Å²) in [6.45, 7) is 4.46. The molecule has 3 rings (SSSR count). The van der Waals surface area contributed by atoms with Gasteiger partial charge in [0, 0.05) is 11.6 Å². The monoisotopic (exact) mass is 388 g/mol. The van der Waals surface area contributed by atoms with Gasteiger partial charge in [-0.1, -0.05) is 25.1 Å². The molecule has 1 aliphatic carbocycles. The molecule has 0 saturated carbocycles. The first-order chi connectivity index (χ1) is 13.4. The molecule has 0 unspecified atom stereocenters. The third-order valence-corrected chi connectivity index (χ3v) is 5.72. The number of aliphatic hydroxyl groups is 2. The third kappa shape index (κ3) is 4.41. The van der Waals surface area contributed by atoms with E-state index in [1.54, 1.807) is 7.05 Å². The van der Waals surface area contributed by atoms with Crippen LogP contribution in [0.4, 0.5) is 0 Å². The molecule has 2 aliphatic rings. The summed E-state index contributed by atoms with van der Waals surface area (Å²) in [4.78, 5) is 0.